The summed E-state index contributed by atoms with van der Waals surface area (Å²) in [6, 6.07) is 18.5. The molecule has 0 saturated heterocycles. The van der Waals surface area contributed by atoms with Crippen LogP contribution in [0.2, 0.25) is 0 Å². The Hall–Kier alpha value is -4.07. The molecule has 0 spiro atoms. The molecule has 182 valence electrons. The Morgan fingerprint density at radius 1 is 1.03 bits per heavy atom. The summed E-state index contributed by atoms with van der Waals surface area (Å²) in [4.78, 5) is 38.6. The molecule has 8 nitrogen and oxygen atoms in total. The molecule has 2 N–H and O–H groups in total. The predicted octanol–water partition coefficient (Wildman–Crippen LogP) is 4.40. The van der Waals surface area contributed by atoms with E-state index in [1.54, 1.807) is 12.1 Å². The largest absolute Gasteiger partial charge is 0.481 e. The van der Waals surface area contributed by atoms with E-state index in [4.69, 9.17) is 14.3 Å². The van der Waals surface area contributed by atoms with Gasteiger partial charge in [-0.2, -0.15) is 0 Å². The monoisotopic (exact) mass is 476 g/mol. The molecule has 2 aromatic carbocycles. The number of rotatable bonds is 10. The molecule has 1 aromatic heterocycles. The van der Waals surface area contributed by atoms with Crippen LogP contribution in [0, 0.1) is 0 Å². The van der Waals surface area contributed by atoms with E-state index in [2.05, 4.69) is 5.32 Å². The maximum absolute atomic E-state index is 13.2. The predicted molar refractivity (Wildman–Crippen MR) is 129 cm³/mol. The number of aliphatic carboxylic acids is 1. The highest BCUT2D eigenvalue weighted by Crippen LogP contribution is 2.44. The van der Waals surface area contributed by atoms with Crippen LogP contribution in [0.3, 0.4) is 0 Å². The van der Waals surface area contributed by atoms with Gasteiger partial charge in [-0.15, -0.1) is 0 Å². The standard InChI is InChI=1S/C27H28N2O6/c1-2-29(16-18-8-7-15-34-18)26(32)24(13-14-25(30)31)28-27(33)35-17-23-21-11-5-3-9-19(21)20-10-4-6-12-22(20)23/h3-12,15,23-24H,2,13-14,16-17H2,1H3,(H,28,33)(H,30,31). The molecule has 0 radical (unpaired) electrons. The number of ether oxygens (including phenoxy) is 1. The lowest BCUT2D eigenvalue weighted by Gasteiger charge is -2.26. The molecular formula is C27H28N2O6. The van der Waals surface area contributed by atoms with Crippen molar-refractivity contribution in [1.82, 2.24) is 10.2 Å². The molecule has 3 aromatic rings. The number of nitrogens with zero attached hydrogens (tertiary/aromatic N) is 1. The third kappa shape index (κ3) is 5.54. The molecule has 2 amide bonds. The van der Waals surface area contributed by atoms with Gasteiger partial charge in [0.1, 0.15) is 18.4 Å². The molecule has 1 heterocycles. The van der Waals surface area contributed by atoms with Gasteiger partial charge in [0.2, 0.25) is 5.91 Å². The summed E-state index contributed by atoms with van der Waals surface area (Å²) in [5.41, 5.74) is 4.39. The number of benzene rings is 2. The normalized spacial score (nSPS) is 12.9. The lowest BCUT2D eigenvalue weighted by atomic mass is 9.98. The van der Waals surface area contributed by atoms with Gasteiger partial charge in [-0.05, 0) is 47.7 Å². The van der Waals surface area contributed by atoms with Crippen LogP contribution in [0.15, 0.2) is 71.3 Å². The van der Waals surface area contributed by atoms with Crippen molar-refractivity contribution in [2.24, 2.45) is 0 Å². The molecule has 1 atom stereocenters. The van der Waals surface area contributed by atoms with Gasteiger partial charge in [0.15, 0.2) is 0 Å². The summed E-state index contributed by atoms with van der Waals surface area (Å²) < 4.78 is 10.9. The minimum absolute atomic E-state index is 0.0486. The van der Waals surface area contributed by atoms with E-state index < -0.39 is 24.0 Å². The highest BCUT2D eigenvalue weighted by atomic mass is 16.5. The van der Waals surface area contributed by atoms with Crippen molar-refractivity contribution >= 4 is 18.0 Å². The Morgan fingerprint density at radius 3 is 2.26 bits per heavy atom. The number of alkyl carbamates (subject to hydrolysis) is 1. The van der Waals surface area contributed by atoms with E-state index in [1.165, 1.54) is 11.2 Å². The van der Waals surface area contributed by atoms with Crippen molar-refractivity contribution in [3.63, 3.8) is 0 Å². The number of furan rings is 1. The first-order valence-corrected chi connectivity index (χ1v) is 11.6. The third-order valence-electron chi connectivity index (χ3n) is 6.20. The number of amides is 2. The van der Waals surface area contributed by atoms with Gasteiger partial charge < -0.3 is 24.5 Å². The van der Waals surface area contributed by atoms with E-state index in [-0.39, 0.29) is 31.9 Å². The molecule has 35 heavy (non-hydrogen) atoms. The number of likely N-dealkylation sites (N-methyl/N-ethyl adjacent to an activating group) is 1. The van der Waals surface area contributed by atoms with E-state index in [0.29, 0.717) is 12.3 Å². The fourth-order valence-corrected chi connectivity index (χ4v) is 4.46. The molecule has 0 bridgehead atoms. The molecule has 0 fully saturated rings. The molecule has 1 aliphatic rings. The van der Waals surface area contributed by atoms with Crippen molar-refractivity contribution < 1.29 is 28.6 Å². The van der Waals surface area contributed by atoms with Gasteiger partial charge in [0.05, 0.1) is 12.8 Å². The third-order valence-corrected chi connectivity index (χ3v) is 6.20. The lowest BCUT2D eigenvalue weighted by molar-refractivity contribution is -0.138. The van der Waals surface area contributed by atoms with E-state index in [9.17, 15) is 14.4 Å². The van der Waals surface area contributed by atoms with Crippen LogP contribution in [-0.2, 0) is 20.9 Å². The smallest absolute Gasteiger partial charge is 0.407 e. The average Bonchev–Trinajstić information content (AvgIpc) is 3.49. The number of carboxylic acid groups (broad SMARTS) is 1. The van der Waals surface area contributed by atoms with Gasteiger partial charge >= 0.3 is 12.1 Å². The second-order valence-electron chi connectivity index (χ2n) is 8.39. The Labute approximate surface area is 203 Å². The second kappa shape index (κ2) is 10.9. The average molecular weight is 477 g/mol. The summed E-state index contributed by atoms with van der Waals surface area (Å²) >= 11 is 0. The number of carbonyl (C=O) groups excluding carboxylic acids is 2. The van der Waals surface area contributed by atoms with E-state index in [0.717, 1.165) is 22.3 Å². The number of hydrogen-bond donors (Lipinski definition) is 2. The fraction of sp³-hybridized carbons (Fsp3) is 0.296. The van der Waals surface area contributed by atoms with Crippen molar-refractivity contribution in [3.05, 3.63) is 83.8 Å². The number of nitrogens with one attached hydrogen (secondary N) is 1. The summed E-state index contributed by atoms with van der Waals surface area (Å²) in [5, 5.41) is 11.7. The minimum Gasteiger partial charge on any atom is -0.481 e. The van der Waals surface area contributed by atoms with Gasteiger partial charge in [-0.3, -0.25) is 9.59 Å². The molecule has 1 aliphatic carbocycles. The lowest BCUT2D eigenvalue weighted by Crippen LogP contribution is -2.48. The highest BCUT2D eigenvalue weighted by Gasteiger charge is 2.31. The maximum atomic E-state index is 13.2. The quantitative estimate of drug-likeness (QED) is 0.449. The molecule has 8 heteroatoms. The SMILES string of the molecule is CCN(Cc1ccco1)C(=O)C(CCC(=O)O)NC(=O)OCC1c2ccccc2-c2ccccc21. The summed E-state index contributed by atoms with van der Waals surface area (Å²) in [6.07, 6.45) is 0.445. The van der Waals surface area contributed by atoms with Crippen molar-refractivity contribution in [3.8, 4) is 11.1 Å². The zero-order valence-electron chi connectivity index (χ0n) is 19.5. The minimum atomic E-state index is -1.05. The Morgan fingerprint density at radius 2 is 1.69 bits per heavy atom. The Kier molecular flexibility index (Phi) is 7.50. The Bertz CT molecular complexity index is 1140. The van der Waals surface area contributed by atoms with Crippen molar-refractivity contribution in [1.29, 1.82) is 0 Å². The summed E-state index contributed by atoms with van der Waals surface area (Å²) in [5.74, 6) is -0.962. The number of carbonyl (C=O) groups is 3. The van der Waals surface area contributed by atoms with Crippen molar-refractivity contribution in [2.45, 2.75) is 38.3 Å². The van der Waals surface area contributed by atoms with Gasteiger partial charge in [-0.25, -0.2) is 4.79 Å². The van der Waals surface area contributed by atoms with Crippen LogP contribution in [0.4, 0.5) is 4.79 Å². The van der Waals surface area contributed by atoms with Crippen LogP contribution >= 0.6 is 0 Å². The summed E-state index contributed by atoms with van der Waals surface area (Å²) in [6.45, 7) is 2.50. The molecular weight excluding hydrogens is 448 g/mol. The molecule has 0 aliphatic heterocycles. The zero-order valence-corrected chi connectivity index (χ0v) is 19.5. The first-order chi connectivity index (χ1) is 17.0. The van der Waals surface area contributed by atoms with Gasteiger partial charge in [0.25, 0.3) is 0 Å². The molecule has 4 rings (SSSR count). The first kappa shape index (κ1) is 24.1. The van der Waals surface area contributed by atoms with Crippen LogP contribution in [0.1, 0.15) is 42.6 Å². The summed E-state index contributed by atoms with van der Waals surface area (Å²) in [7, 11) is 0. The van der Waals surface area contributed by atoms with E-state index >= 15 is 0 Å². The molecule has 1 unspecified atom stereocenters. The second-order valence-corrected chi connectivity index (χ2v) is 8.39. The van der Waals surface area contributed by atoms with Gasteiger partial charge in [0, 0.05) is 18.9 Å². The highest BCUT2D eigenvalue weighted by molar-refractivity contribution is 5.86. The van der Waals surface area contributed by atoms with Crippen LogP contribution < -0.4 is 5.32 Å². The fourth-order valence-electron chi connectivity index (χ4n) is 4.46. The van der Waals surface area contributed by atoms with E-state index in [1.807, 2.05) is 55.5 Å². The van der Waals surface area contributed by atoms with Crippen molar-refractivity contribution in [2.75, 3.05) is 13.2 Å². The first-order valence-electron chi connectivity index (χ1n) is 11.6. The van der Waals surface area contributed by atoms with Crippen LogP contribution in [0.25, 0.3) is 11.1 Å². The zero-order chi connectivity index (χ0) is 24.8. The topological polar surface area (TPSA) is 109 Å². The maximum Gasteiger partial charge on any atom is 0.407 e. The number of fused-ring (bicyclic) bond motifs is 3. The number of hydrogen-bond acceptors (Lipinski definition) is 5. The number of carboxylic acids is 1. The molecule has 0 saturated carbocycles. The van der Waals surface area contributed by atoms with Crippen LogP contribution in [0.5, 0.6) is 0 Å². The van der Waals surface area contributed by atoms with Gasteiger partial charge in [-0.1, -0.05) is 48.5 Å². The van der Waals surface area contributed by atoms with Crippen LogP contribution in [-0.4, -0.2) is 47.2 Å². The Balaban J connectivity index is 1.43.